The molecule has 1 aliphatic heterocycles. The number of fused-ring (bicyclic) bond motifs is 1. The quantitative estimate of drug-likeness (QED) is 0.555. The number of rotatable bonds is 8. The summed E-state index contributed by atoms with van der Waals surface area (Å²) in [6.45, 7) is 3.32. The molecule has 1 atom stereocenters. The molecule has 11 heteroatoms. The first-order chi connectivity index (χ1) is 14.9. The molecule has 1 fully saturated rings. The molecular formula is C20H25N5O5S. The van der Waals surface area contributed by atoms with E-state index >= 15 is 0 Å². The van der Waals surface area contributed by atoms with Crippen LogP contribution in [-0.4, -0.2) is 59.9 Å². The van der Waals surface area contributed by atoms with Gasteiger partial charge in [-0.3, -0.25) is 4.79 Å². The van der Waals surface area contributed by atoms with Gasteiger partial charge in [-0.2, -0.15) is 4.31 Å². The molecule has 0 spiro atoms. The van der Waals surface area contributed by atoms with E-state index < -0.39 is 16.1 Å². The summed E-state index contributed by atoms with van der Waals surface area (Å²) in [5.74, 6) is 1.05. The fourth-order valence-electron chi connectivity index (χ4n) is 3.75. The molecule has 1 N–H and O–H groups in total. The molecule has 0 radical (unpaired) electrons. The Morgan fingerprint density at radius 1 is 1.32 bits per heavy atom. The van der Waals surface area contributed by atoms with E-state index in [1.54, 1.807) is 23.9 Å². The lowest BCUT2D eigenvalue weighted by Gasteiger charge is -2.23. The summed E-state index contributed by atoms with van der Waals surface area (Å²) >= 11 is 0. The van der Waals surface area contributed by atoms with Crippen molar-refractivity contribution in [1.82, 2.24) is 24.6 Å². The van der Waals surface area contributed by atoms with Gasteiger partial charge in [0.15, 0.2) is 0 Å². The van der Waals surface area contributed by atoms with Crippen LogP contribution in [0.2, 0.25) is 0 Å². The first-order valence-corrected chi connectivity index (χ1v) is 11.5. The van der Waals surface area contributed by atoms with Crippen molar-refractivity contribution in [2.24, 2.45) is 0 Å². The number of sulfonamides is 1. The zero-order valence-corrected chi connectivity index (χ0v) is 18.3. The highest BCUT2D eigenvalue weighted by Gasteiger charge is 2.39. The van der Waals surface area contributed by atoms with Gasteiger partial charge in [-0.15, -0.1) is 5.10 Å². The Kier molecular flexibility index (Phi) is 6.08. The van der Waals surface area contributed by atoms with Gasteiger partial charge in [-0.1, -0.05) is 5.21 Å². The minimum Gasteiger partial charge on any atom is -0.465 e. The summed E-state index contributed by atoms with van der Waals surface area (Å²) in [5, 5.41) is 10.9. The van der Waals surface area contributed by atoms with E-state index in [4.69, 9.17) is 9.15 Å². The molecule has 1 aromatic carbocycles. The molecule has 2 aromatic heterocycles. The summed E-state index contributed by atoms with van der Waals surface area (Å²) in [4.78, 5) is 12.8. The smallest absolute Gasteiger partial charge is 0.243 e. The number of methoxy groups -OCH3 is 1. The van der Waals surface area contributed by atoms with Crippen molar-refractivity contribution in [3.8, 4) is 0 Å². The van der Waals surface area contributed by atoms with E-state index in [0.717, 1.165) is 11.3 Å². The van der Waals surface area contributed by atoms with Gasteiger partial charge in [0, 0.05) is 13.7 Å². The molecule has 1 aliphatic rings. The van der Waals surface area contributed by atoms with Gasteiger partial charge in [-0.05, 0) is 50.1 Å². The number of aromatic nitrogens is 3. The minimum atomic E-state index is -3.86. The van der Waals surface area contributed by atoms with Crippen LogP contribution in [0.5, 0.6) is 0 Å². The number of carbonyl (C=O) groups excluding carboxylic acids is 1. The van der Waals surface area contributed by atoms with Crippen LogP contribution in [0.1, 0.15) is 24.4 Å². The average molecular weight is 448 g/mol. The van der Waals surface area contributed by atoms with Crippen molar-refractivity contribution >= 4 is 27.0 Å². The van der Waals surface area contributed by atoms with Crippen LogP contribution in [0.3, 0.4) is 0 Å². The Balaban J connectivity index is 1.52. The second-order valence-electron chi connectivity index (χ2n) is 7.46. The fraction of sp³-hybridized carbons (Fsp3) is 0.450. The van der Waals surface area contributed by atoms with E-state index in [-0.39, 0.29) is 17.3 Å². The highest BCUT2D eigenvalue weighted by Crippen LogP contribution is 2.28. The van der Waals surface area contributed by atoms with Gasteiger partial charge in [0.05, 0.1) is 30.1 Å². The number of ether oxygens (including phenoxy) is 1. The zero-order chi connectivity index (χ0) is 22.0. The van der Waals surface area contributed by atoms with Crippen molar-refractivity contribution < 1.29 is 22.4 Å². The van der Waals surface area contributed by atoms with E-state index in [2.05, 4.69) is 15.6 Å². The van der Waals surface area contributed by atoms with E-state index in [9.17, 15) is 13.2 Å². The van der Waals surface area contributed by atoms with Gasteiger partial charge in [0.2, 0.25) is 15.9 Å². The number of nitrogens with one attached hydrogen (secondary N) is 1. The molecule has 3 aromatic rings. The number of hydrogen-bond acceptors (Lipinski definition) is 7. The van der Waals surface area contributed by atoms with Crippen LogP contribution in [0.25, 0.3) is 11.0 Å². The molecule has 1 saturated heterocycles. The Morgan fingerprint density at radius 2 is 2.16 bits per heavy atom. The number of hydrogen-bond donors (Lipinski definition) is 1. The lowest BCUT2D eigenvalue weighted by Crippen LogP contribution is -2.45. The second kappa shape index (κ2) is 8.77. The first kappa shape index (κ1) is 21.5. The normalized spacial score (nSPS) is 17.4. The maximum absolute atomic E-state index is 13.3. The maximum Gasteiger partial charge on any atom is 0.243 e. The van der Waals surface area contributed by atoms with Gasteiger partial charge < -0.3 is 14.5 Å². The minimum absolute atomic E-state index is 0.0974. The molecule has 10 nitrogen and oxygen atoms in total. The third-order valence-corrected chi connectivity index (χ3v) is 7.24. The molecule has 166 valence electrons. The number of aryl methyl sites for hydroxylation is 1. The van der Waals surface area contributed by atoms with Gasteiger partial charge >= 0.3 is 0 Å². The average Bonchev–Trinajstić information content (AvgIpc) is 3.49. The van der Waals surface area contributed by atoms with Crippen molar-refractivity contribution in [1.29, 1.82) is 0 Å². The van der Waals surface area contributed by atoms with Crippen LogP contribution in [0.15, 0.2) is 39.6 Å². The lowest BCUT2D eigenvalue weighted by molar-refractivity contribution is -0.124. The number of amides is 1. The molecule has 0 aliphatic carbocycles. The molecule has 1 amide bonds. The Hall–Kier alpha value is -2.76. The van der Waals surface area contributed by atoms with Crippen molar-refractivity contribution in [2.75, 3.05) is 20.3 Å². The monoisotopic (exact) mass is 447 g/mol. The molecule has 4 rings (SSSR count). The standard InChI is InChI=1S/C20H25N5O5S/c1-14-5-6-15(30-14)13-21-20(26)19-4-3-9-25(19)31(27,28)16-7-8-18-17(12-16)22-23-24(18)10-11-29-2/h5-8,12,19H,3-4,9-11,13H2,1-2H3,(H,21,26). The number of carbonyl (C=O) groups is 1. The predicted molar refractivity (Wildman–Crippen MR) is 112 cm³/mol. The molecule has 31 heavy (non-hydrogen) atoms. The topological polar surface area (TPSA) is 120 Å². The van der Waals surface area contributed by atoms with Crippen molar-refractivity contribution in [2.45, 2.75) is 43.8 Å². The van der Waals surface area contributed by atoms with Crippen molar-refractivity contribution in [3.63, 3.8) is 0 Å². The van der Waals surface area contributed by atoms with Crippen LogP contribution in [-0.2, 0) is 32.6 Å². The van der Waals surface area contributed by atoms with Crippen molar-refractivity contribution in [3.05, 3.63) is 41.9 Å². The number of benzene rings is 1. The SMILES string of the molecule is COCCn1nnc2cc(S(=O)(=O)N3CCCC3C(=O)NCc3ccc(C)o3)ccc21. The van der Waals surface area contributed by atoms with E-state index in [0.29, 0.717) is 43.8 Å². The lowest BCUT2D eigenvalue weighted by atomic mass is 10.2. The number of furan rings is 1. The summed E-state index contributed by atoms with van der Waals surface area (Å²) in [6, 6.07) is 7.56. The van der Waals surface area contributed by atoms with E-state index in [1.165, 1.54) is 16.4 Å². The summed E-state index contributed by atoms with van der Waals surface area (Å²) in [5.41, 5.74) is 1.20. The molecule has 3 heterocycles. The van der Waals surface area contributed by atoms with Gasteiger partial charge in [0.1, 0.15) is 23.1 Å². The summed E-state index contributed by atoms with van der Waals surface area (Å²) in [6.07, 6.45) is 1.09. The third kappa shape index (κ3) is 4.34. The highest BCUT2D eigenvalue weighted by molar-refractivity contribution is 7.89. The Morgan fingerprint density at radius 3 is 2.90 bits per heavy atom. The Bertz CT molecular complexity index is 1190. The molecule has 0 saturated carbocycles. The maximum atomic E-state index is 13.3. The summed E-state index contributed by atoms with van der Waals surface area (Å²) in [7, 11) is -2.26. The fourth-order valence-corrected chi connectivity index (χ4v) is 5.43. The van der Waals surface area contributed by atoms with Crippen LogP contribution >= 0.6 is 0 Å². The van der Waals surface area contributed by atoms with Crippen LogP contribution in [0.4, 0.5) is 0 Å². The Labute approximate surface area is 180 Å². The zero-order valence-electron chi connectivity index (χ0n) is 17.4. The second-order valence-corrected chi connectivity index (χ2v) is 9.35. The third-order valence-electron chi connectivity index (χ3n) is 5.34. The van der Waals surface area contributed by atoms with Crippen LogP contribution in [0, 0.1) is 6.92 Å². The number of nitrogens with zero attached hydrogens (tertiary/aromatic N) is 4. The van der Waals surface area contributed by atoms with E-state index in [1.807, 2.05) is 13.0 Å². The first-order valence-electron chi connectivity index (χ1n) is 10.1. The van der Waals surface area contributed by atoms with Gasteiger partial charge in [-0.25, -0.2) is 13.1 Å². The molecular weight excluding hydrogens is 422 g/mol. The highest BCUT2D eigenvalue weighted by atomic mass is 32.2. The predicted octanol–water partition coefficient (Wildman–Crippen LogP) is 1.45. The largest absolute Gasteiger partial charge is 0.465 e. The van der Waals surface area contributed by atoms with Gasteiger partial charge in [0.25, 0.3) is 0 Å². The summed E-state index contributed by atoms with van der Waals surface area (Å²) < 4.78 is 40.1. The molecule has 1 unspecified atom stereocenters. The molecule has 0 bridgehead atoms. The van der Waals surface area contributed by atoms with Crippen LogP contribution < -0.4 is 5.32 Å².